The first-order chi connectivity index (χ1) is 62.0. The molecule has 11 aromatic carbocycles. The first kappa shape index (κ1) is 94.4. The van der Waals surface area contributed by atoms with Crippen LogP contribution in [0, 0.1) is 23.7 Å². The Morgan fingerprint density at radius 3 is 0.859 bits per heavy atom. The molecule has 11 nitrogen and oxygen atoms in total. The molecule has 6 heterocycles. The van der Waals surface area contributed by atoms with Crippen LogP contribution in [0.5, 0.6) is 5.75 Å². The summed E-state index contributed by atoms with van der Waals surface area (Å²) in [6, 6.07) is 112. The van der Waals surface area contributed by atoms with Gasteiger partial charge in [-0.3, -0.25) is 4.98 Å². The van der Waals surface area contributed by atoms with Crippen LogP contribution >= 0.6 is 11.6 Å². The largest absolute Gasteiger partial charge is 0.494 e. The molecule has 670 valence electrons. The molecule has 0 bridgehead atoms. The number of piperidine rings is 4. The third-order valence-electron chi connectivity index (χ3n) is 28.2. The Hall–Kier alpha value is -9.70. The van der Waals surface area contributed by atoms with Crippen LogP contribution in [0.25, 0.3) is 0 Å². The summed E-state index contributed by atoms with van der Waals surface area (Å²) >= 11 is 5.99. The molecular formula is C116H138ClN5O6. The zero-order chi connectivity index (χ0) is 89.5. The maximum absolute atomic E-state index is 12.1. The Labute approximate surface area is 769 Å². The molecule has 12 aromatic rings. The van der Waals surface area contributed by atoms with Gasteiger partial charge in [-0.25, -0.2) is 0 Å². The number of ether oxygens (including phenoxy) is 2. The second kappa shape index (κ2) is 44.3. The summed E-state index contributed by atoms with van der Waals surface area (Å²) in [5.74, 6) is 1.77. The van der Waals surface area contributed by atoms with Crippen molar-refractivity contribution >= 4 is 11.6 Å². The highest BCUT2D eigenvalue weighted by Gasteiger charge is 2.46. The van der Waals surface area contributed by atoms with Crippen LogP contribution in [0.4, 0.5) is 0 Å². The molecule has 0 atom stereocenters. The van der Waals surface area contributed by atoms with Gasteiger partial charge in [-0.05, 0) is 261 Å². The van der Waals surface area contributed by atoms with Gasteiger partial charge >= 0.3 is 0 Å². The van der Waals surface area contributed by atoms with Gasteiger partial charge in [-0.1, -0.05) is 357 Å². The van der Waals surface area contributed by atoms with Crippen LogP contribution in [0.3, 0.4) is 0 Å². The maximum atomic E-state index is 12.1. The van der Waals surface area contributed by atoms with E-state index in [9.17, 15) is 20.4 Å². The fraction of sp³-hybridized carbons (Fsp3) is 0.388. The van der Waals surface area contributed by atoms with E-state index in [2.05, 4.69) is 243 Å². The zero-order valence-corrected chi connectivity index (χ0v) is 77.6. The number of hydrogen-bond donors (Lipinski definition) is 4. The topological polar surface area (TPSA) is 125 Å². The summed E-state index contributed by atoms with van der Waals surface area (Å²) in [6.07, 6.45) is 14.1. The number of aliphatic hydroxyl groups is 4. The van der Waals surface area contributed by atoms with E-state index in [1.54, 1.807) is 0 Å². The lowest BCUT2D eigenvalue weighted by Gasteiger charge is -2.42. The van der Waals surface area contributed by atoms with Crippen LogP contribution in [0.1, 0.15) is 184 Å². The number of benzene rings is 11. The van der Waals surface area contributed by atoms with Crippen LogP contribution in [0.2, 0.25) is 5.02 Å². The molecule has 0 aliphatic carbocycles. The highest BCUT2D eigenvalue weighted by atomic mass is 35.5. The minimum atomic E-state index is -0.947. The lowest BCUT2D eigenvalue weighted by Crippen LogP contribution is -2.44. The average Bonchev–Trinajstić information content (AvgIpc) is 0.779. The molecule has 1 aromatic heterocycles. The summed E-state index contributed by atoms with van der Waals surface area (Å²) < 4.78 is 11.4. The van der Waals surface area contributed by atoms with Crippen LogP contribution in [0.15, 0.2) is 334 Å². The van der Waals surface area contributed by atoms with Crippen LogP contribution in [-0.2, 0) is 62.6 Å². The van der Waals surface area contributed by atoms with Crippen molar-refractivity contribution in [2.24, 2.45) is 23.7 Å². The van der Waals surface area contributed by atoms with E-state index in [4.69, 9.17) is 21.1 Å². The Balaban J connectivity index is 0.000000138. The molecule has 4 N–H and O–H groups in total. The number of rotatable bonds is 27. The Kier molecular flexibility index (Phi) is 32.7. The van der Waals surface area contributed by atoms with Gasteiger partial charge < -0.3 is 49.5 Å². The van der Waals surface area contributed by atoms with Gasteiger partial charge in [0.05, 0.1) is 19.8 Å². The van der Waals surface area contributed by atoms with E-state index in [1.165, 1.54) is 27.8 Å². The fourth-order valence-electron chi connectivity index (χ4n) is 20.1. The summed E-state index contributed by atoms with van der Waals surface area (Å²) in [5, 5.41) is 48.9. The van der Waals surface area contributed by atoms with Crippen molar-refractivity contribution < 1.29 is 29.9 Å². The van der Waals surface area contributed by atoms with E-state index in [0.29, 0.717) is 0 Å². The molecule has 0 amide bonds. The summed E-state index contributed by atoms with van der Waals surface area (Å²) in [4.78, 5) is 14.8. The SMILES string of the molecule is CC(C)(C)c1ccc(CCN2CCC(C(O)(c3ccccc3)c3ccccc3)CC2)cn1.CC(C)(C)c1ccc(OCCCN2CCC(C(O)(c3ccccc3)c3ccccc3)CC2)cc1.CC1(c2ccc(CCN3CCC(C(O)(c4ccccc4)c4ccccc4)CC3)cc2)COC1.OC(c1ccccc1)(c1ccccc1)C1CCN(CCc2ccc(Cl)cc2)CC1. The quantitative estimate of drug-likeness (QED) is 0.0368. The molecule has 0 unspecified atom stereocenters. The molecule has 5 aliphatic rings. The molecule has 5 aliphatic heterocycles. The number of pyridine rings is 1. The monoisotopic (exact) mass is 1730 g/mol. The number of hydrogen-bond acceptors (Lipinski definition) is 11. The molecule has 0 radical (unpaired) electrons. The van der Waals surface area contributed by atoms with Crippen molar-refractivity contribution in [2.45, 2.75) is 164 Å². The van der Waals surface area contributed by atoms with E-state index in [1.807, 2.05) is 164 Å². The van der Waals surface area contributed by atoms with Crippen molar-refractivity contribution in [3.05, 3.63) is 417 Å². The van der Waals surface area contributed by atoms with E-state index in [0.717, 1.165) is 236 Å². The van der Waals surface area contributed by atoms with Gasteiger partial charge in [0.2, 0.25) is 0 Å². The maximum Gasteiger partial charge on any atom is 0.119 e. The second-order valence-electron chi connectivity index (χ2n) is 38.9. The first-order valence-electron chi connectivity index (χ1n) is 47.3. The van der Waals surface area contributed by atoms with E-state index >= 15 is 0 Å². The van der Waals surface area contributed by atoms with Gasteiger partial charge in [0.1, 0.15) is 28.2 Å². The predicted molar refractivity (Wildman–Crippen MR) is 526 cm³/mol. The molecule has 5 saturated heterocycles. The van der Waals surface area contributed by atoms with Gasteiger partial charge in [0.25, 0.3) is 0 Å². The lowest BCUT2D eigenvalue weighted by atomic mass is 9.72. The minimum absolute atomic E-state index is 0.0920. The highest BCUT2D eigenvalue weighted by Crippen LogP contribution is 2.47. The predicted octanol–water partition coefficient (Wildman–Crippen LogP) is 22.7. The van der Waals surface area contributed by atoms with Gasteiger partial charge in [0.15, 0.2) is 0 Å². The summed E-state index contributed by atoms with van der Waals surface area (Å²) in [7, 11) is 0. The van der Waals surface area contributed by atoms with Gasteiger partial charge in [-0.2, -0.15) is 0 Å². The van der Waals surface area contributed by atoms with Gasteiger partial charge in [0, 0.05) is 53.9 Å². The molecule has 0 saturated carbocycles. The van der Waals surface area contributed by atoms with Crippen molar-refractivity contribution in [2.75, 3.05) is 98.4 Å². The zero-order valence-electron chi connectivity index (χ0n) is 76.9. The Morgan fingerprint density at radius 1 is 0.328 bits per heavy atom. The number of nitrogens with zero attached hydrogens (tertiary/aromatic N) is 5. The number of halogens is 1. The Morgan fingerprint density at radius 2 is 0.602 bits per heavy atom. The van der Waals surface area contributed by atoms with Crippen LogP contribution in [-0.4, -0.2) is 143 Å². The van der Waals surface area contributed by atoms with Crippen molar-refractivity contribution in [1.29, 1.82) is 0 Å². The minimum Gasteiger partial charge on any atom is -0.494 e. The molecule has 0 spiro atoms. The number of likely N-dealkylation sites (tertiary alicyclic amines) is 4. The standard InChI is InChI=1S/C31H39NO2.C30H35NO2.C29H36N2O.C26H28ClNO/c1-30(2,3)25-15-17-29(18-16-25)34-24-10-21-32-22-19-28(20-23-32)31(33,26-11-6-4-7-12-26)27-13-8-5-9-14-27;1-29(22-33-23-29)25-14-12-24(13-15-25)16-19-31-20-17-28(18-21-31)30(32,26-8-4-2-5-9-26)27-10-6-3-7-11-27;1-28(2,3)27-15-14-23(22-30-27)16-19-31-20-17-26(18-21-31)29(32,24-10-6-4-7-11-24)25-12-8-5-9-13-25;27-25-13-11-21(12-14-25)15-18-28-19-16-24(17-20-28)26(29,22-7-3-1-4-8-22)23-9-5-2-6-10-23/h4-9,11-18,28,33H,10,19-24H2,1-3H3;2-15,28,32H,16-23H2,1H3;4-15,22,26,32H,16-21H2,1-3H3;1-14,24,29H,15-20H2. The fourth-order valence-corrected chi connectivity index (χ4v) is 20.2. The third kappa shape index (κ3) is 23.9. The average molecular weight is 1730 g/mol. The molecule has 5 fully saturated rings. The molecule has 128 heavy (non-hydrogen) atoms. The smallest absolute Gasteiger partial charge is 0.119 e. The second-order valence-corrected chi connectivity index (χ2v) is 39.3. The molecular weight excluding hydrogens is 1590 g/mol. The van der Waals surface area contributed by atoms with Gasteiger partial charge in [-0.15, -0.1) is 0 Å². The third-order valence-corrected chi connectivity index (χ3v) is 28.4. The van der Waals surface area contributed by atoms with Crippen LogP contribution < -0.4 is 4.74 Å². The summed E-state index contributed by atoms with van der Waals surface area (Å²) in [6.45, 7) is 30.3. The lowest BCUT2D eigenvalue weighted by molar-refractivity contribution is -0.0500. The van der Waals surface area contributed by atoms with Crippen molar-refractivity contribution in [3.63, 3.8) is 0 Å². The normalized spacial score (nSPS) is 16.9. The Bertz CT molecular complexity index is 5050. The van der Waals surface area contributed by atoms with E-state index in [-0.39, 0.29) is 39.9 Å². The first-order valence-corrected chi connectivity index (χ1v) is 47.7. The number of aromatic nitrogens is 1. The van der Waals surface area contributed by atoms with Crippen molar-refractivity contribution in [1.82, 2.24) is 24.6 Å². The summed E-state index contributed by atoms with van der Waals surface area (Å²) in [5.41, 5.74) is 12.5. The van der Waals surface area contributed by atoms with E-state index < -0.39 is 22.4 Å². The molecule has 12 heteroatoms. The van der Waals surface area contributed by atoms with Crippen molar-refractivity contribution in [3.8, 4) is 5.75 Å². The molecule has 17 rings (SSSR count). The highest BCUT2D eigenvalue weighted by molar-refractivity contribution is 6.30.